The van der Waals surface area contributed by atoms with E-state index in [1.165, 1.54) is 56.2 Å². The third-order valence-corrected chi connectivity index (χ3v) is 8.01. The SMILES string of the molecule is CCCC1CCC(c2ccc(-c3cc(F)c(C4CCC(COC)CC4)cc3F)cc2)CC1. The third kappa shape index (κ3) is 5.42. The number of halogens is 2. The van der Waals surface area contributed by atoms with Crippen molar-refractivity contribution in [3.63, 3.8) is 0 Å². The highest BCUT2D eigenvalue weighted by molar-refractivity contribution is 5.65. The van der Waals surface area contributed by atoms with Gasteiger partial charge in [-0.25, -0.2) is 8.78 Å². The van der Waals surface area contributed by atoms with Gasteiger partial charge in [0.2, 0.25) is 0 Å². The van der Waals surface area contributed by atoms with E-state index in [0.717, 1.165) is 43.8 Å². The average molecular weight is 441 g/mol. The molecule has 0 saturated heterocycles. The summed E-state index contributed by atoms with van der Waals surface area (Å²) in [6.45, 7) is 3.03. The number of methoxy groups -OCH3 is 1. The van der Waals surface area contributed by atoms with E-state index in [1.54, 1.807) is 7.11 Å². The monoisotopic (exact) mass is 440 g/mol. The van der Waals surface area contributed by atoms with Gasteiger partial charge in [0.1, 0.15) is 11.6 Å². The minimum absolute atomic E-state index is 0.108. The molecule has 0 radical (unpaired) electrons. The Kier molecular flexibility index (Phi) is 7.99. The van der Waals surface area contributed by atoms with E-state index in [0.29, 0.717) is 23.0 Å². The zero-order valence-electron chi connectivity index (χ0n) is 19.7. The van der Waals surface area contributed by atoms with Crippen molar-refractivity contribution in [3.05, 3.63) is 59.2 Å². The van der Waals surface area contributed by atoms with E-state index in [1.807, 2.05) is 12.1 Å². The summed E-state index contributed by atoms with van der Waals surface area (Å²) in [6.07, 6.45) is 11.6. The minimum Gasteiger partial charge on any atom is -0.384 e. The molecule has 0 heterocycles. The van der Waals surface area contributed by atoms with E-state index in [-0.39, 0.29) is 17.6 Å². The average Bonchev–Trinajstić information content (AvgIpc) is 2.82. The molecule has 0 aromatic heterocycles. The molecule has 0 aliphatic heterocycles. The largest absolute Gasteiger partial charge is 0.384 e. The van der Waals surface area contributed by atoms with Crippen molar-refractivity contribution in [1.29, 1.82) is 0 Å². The number of ether oxygens (including phenoxy) is 1. The molecule has 0 N–H and O–H groups in total. The molecule has 0 unspecified atom stereocenters. The van der Waals surface area contributed by atoms with Crippen LogP contribution in [0.25, 0.3) is 11.1 Å². The molecular weight excluding hydrogens is 402 g/mol. The van der Waals surface area contributed by atoms with Crippen LogP contribution in [0.3, 0.4) is 0 Å². The van der Waals surface area contributed by atoms with Crippen LogP contribution in [0.4, 0.5) is 8.78 Å². The molecule has 2 aromatic carbocycles. The highest BCUT2D eigenvalue weighted by Gasteiger charge is 2.26. The summed E-state index contributed by atoms with van der Waals surface area (Å²) in [5, 5.41) is 0. The van der Waals surface area contributed by atoms with Gasteiger partial charge in [-0.2, -0.15) is 0 Å². The Morgan fingerprint density at radius 2 is 1.41 bits per heavy atom. The van der Waals surface area contributed by atoms with Crippen LogP contribution >= 0.6 is 0 Å². The van der Waals surface area contributed by atoms with Crippen LogP contribution in [0, 0.1) is 23.5 Å². The first kappa shape index (κ1) is 23.4. The topological polar surface area (TPSA) is 9.23 Å². The Morgan fingerprint density at radius 1 is 0.781 bits per heavy atom. The fourth-order valence-corrected chi connectivity index (χ4v) is 6.10. The number of hydrogen-bond acceptors (Lipinski definition) is 1. The summed E-state index contributed by atoms with van der Waals surface area (Å²) in [4.78, 5) is 0. The number of benzene rings is 2. The lowest BCUT2D eigenvalue weighted by Gasteiger charge is -2.29. The van der Waals surface area contributed by atoms with Gasteiger partial charge in [0.05, 0.1) is 0 Å². The molecule has 2 aliphatic carbocycles. The molecule has 1 nitrogen and oxygen atoms in total. The molecule has 0 amide bonds. The van der Waals surface area contributed by atoms with Crippen molar-refractivity contribution in [3.8, 4) is 11.1 Å². The summed E-state index contributed by atoms with van der Waals surface area (Å²) in [5.41, 5.74) is 3.02. The standard InChI is InChI=1S/C29H38F2O/c1-3-4-20-5-9-22(10-6-20)23-13-15-25(16-14-23)27-18-28(30)26(17-29(27)31)24-11-7-21(8-12-24)19-32-2/h13-18,20-22,24H,3-12,19H2,1-2H3. The lowest BCUT2D eigenvalue weighted by Crippen LogP contribution is -2.18. The summed E-state index contributed by atoms with van der Waals surface area (Å²) in [6, 6.07) is 11.1. The fraction of sp³-hybridized carbons (Fsp3) is 0.586. The maximum absolute atomic E-state index is 15.1. The molecule has 3 heteroatoms. The minimum atomic E-state index is -0.312. The van der Waals surface area contributed by atoms with Crippen LogP contribution in [0.2, 0.25) is 0 Å². The van der Waals surface area contributed by atoms with Gasteiger partial charge >= 0.3 is 0 Å². The van der Waals surface area contributed by atoms with Crippen molar-refractivity contribution in [2.75, 3.05) is 13.7 Å². The first-order valence-corrected chi connectivity index (χ1v) is 12.7. The van der Waals surface area contributed by atoms with Crippen LogP contribution in [0.15, 0.2) is 36.4 Å². The van der Waals surface area contributed by atoms with Crippen molar-refractivity contribution >= 4 is 0 Å². The predicted octanol–water partition coefficient (Wildman–Crippen LogP) is 8.63. The molecule has 0 atom stereocenters. The lowest BCUT2D eigenvalue weighted by molar-refractivity contribution is 0.127. The van der Waals surface area contributed by atoms with Gasteiger partial charge in [-0.3, -0.25) is 0 Å². The van der Waals surface area contributed by atoms with Gasteiger partial charge in [0.25, 0.3) is 0 Å². The van der Waals surface area contributed by atoms with E-state index in [9.17, 15) is 0 Å². The number of rotatable bonds is 7. The van der Waals surface area contributed by atoms with Crippen molar-refractivity contribution in [1.82, 2.24) is 0 Å². The summed E-state index contributed by atoms with van der Waals surface area (Å²) in [5.74, 6) is 1.57. The van der Waals surface area contributed by atoms with Gasteiger partial charge in [-0.05, 0) is 104 Å². The van der Waals surface area contributed by atoms with Crippen LogP contribution in [0.5, 0.6) is 0 Å². The lowest BCUT2D eigenvalue weighted by atomic mass is 9.77. The van der Waals surface area contributed by atoms with Crippen LogP contribution in [-0.2, 0) is 4.74 Å². The molecular formula is C29H38F2O. The zero-order chi connectivity index (χ0) is 22.5. The van der Waals surface area contributed by atoms with Gasteiger partial charge in [-0.1, -0.05) is 44.0 Å². The van der Waals surface area contributed by atoms with E-state index >= 15 is 8.78 Å². The second kappa shape index (κ2) is 10.9. The van der Waals surface area contributed by atoms with Gasteiger partial charge in [0, 0.05) is 19.3 Å². The molecule has 2 fully saturated rings. The van der Waals surface area contributed by atoms with Crippen LogP contribution < -0.4 is 0 Å². The molecule has 0 spiro atoms. The second-order valence-electron chi connectivity index (χ2n) is 10.2. The van der Waals surface area contributed by atoms with Crippen molar-refractivity contribution < 1.29 is 13.5 Å². The van der Waals surface area contributed by atoms with Gasteiger partial charge in [0.15, 0.2) is 0 Å². The molecule has 32 heavy (non-hydrogen) atoms. The zero-order valence-corrected chi connectivity index (χ0v) is 19.7. The first-order chi connectivity index (χ1) is 15.6. The molecule has 2 aromatic rings. The van der Waals surface area contributed by atoms with Crippen molar-refractivity contribution in [2.45, 2.75) is 83.0 Å². The van der Waals surface area contributed by atoms with E-state index < -0.39 is 0 Å². The highest BCUT2D eigenvalue weighted by atomic mass is 19.1. The maximum atomic E-state index is 15.1. The smallest absolute Gasteiger partial charge is 0.131 e. The summed E-state index contributed by atoms with van der Waals surface area (Å²) < 4.78 is 35.3. The molecule has 2 aliphatic rings. The summed E-state index contributed by atoms with van der Waals surface area (Å²) in [7, 11) is 1.73. The van der Waals surface area contributed by atoms with E-state index in [2.05, 4.69) is 19.1 Å². The maximum Gasteiger partial charge on any atom is 0.131 e. The van der Waals surface area contributed by atoms with E-state index in [4.69, 9.17) is 4.74 Å². The number of hydrogen-bond donors (Lipinski definition) is 0. The first-order valence-electron chi connectivity index (χ1n) is 12.7. The fourth-order valence-electron chi connectivity index (χ4n) is 6.10. The Bertz CT molecular complexity index is 859. The summed E-state index contributed by atoms with van der Waals surface area (Å²) >= 11 is 0. The predicted molar refractivity (Wildman–Crippen MR) is 128 cm³/mol. The third-order valence-electron chi connectivity index (χ3n) is 8.01. The van der Waals surface area contributed by atoms with Gasteiger partial charge < -0.3 is 4.74 Å². The molecule has 0 bridgehead atoms. The Labute approximate surface area is 192 Å². The molecule has 2 saturated carbocycles. The second-order valence-corrected chi connectivity index (χ2v) is 10.2. The quantitative estimate of drug-likeness (QED) is 0.419. The Morgan fingerprint density at radius 3 is 2.03 bits per heavy atom. The van der Waals surface area contributed by atoms with Crippen molar-refractivity contribution in [2.24, 2.45) is 11.8 Å². The molecule has 174 valence electrons. The van der Waals surface area contributed by atoms with Crippen LogP contribution in [-0.4, -0.2) is 13.7 Å². The van der Waals surface area contributed by atoms with Crippen LogP contribution in [0.1, 0.15) is 94.1 Å². The normalized spacial score (nSPS) is 26.2. The highest BCUT2D eigenvalue weighted by Crippen LogP contribution is 2.40. The molecule has 4 rings (SSSR count). The Balaban J connectivity index is 1.43. The Hall–Kier alpha value is -1.74. The van der Waals surface area contributed by atoms with Gasteiger partial charge in [-0.15, -0.1) is 0 Å².